The molecule has 0 spiro atoms. The average Bonchev–Trinajstić information content (AvgIpc) is 2.52. The van der Waals surface area contributed by atoms with E-state index in [2.05, 4.69) is 6.58 Å². The number of ketones is 1. The Balaban J connectivity index is 2.49. The summed E-state index contributed by atoms with van der Waals surface area (Å²) in [7, 11) is 0. The zero-order chi connectivity index (χ0) is 9.68. The van der Waals surface area contributed by atoms with Crippen molar-refractivity contribution in [1.82, 2.24) is 0 Å². The second-order valence-corrected chi connectivity index (χ2v) is 3.95. The number of unbranched alkanes of at least 4 members (excludes halogenated alkanes) is 1. The number of Topliss-reactive ketones (excluding diaryl/α,β-unsaturated/α-hetero) is 1. The van der Waals surface area contributed by atoms with E-state index in [1.807, 2.05) is 24.4 Å². The molecule has 0 aromatic carbocycles. The van der Waals surface area contributed by atoms with Gasteiger partial charge in [0, 0.05) is 6.42 Å². The highest BCUT2D eigenvalue weighted by molar-refractivity contribution is 7.12. The summed E-state index contributed by atoms with van der Waals surface area (Å²) < 4.78 is 0. The van der Waals surface area contributed by atoms with Crippen molar-refractivity contribution in [1.29, 1.82) is 0 Å². The molecule has 0 saturated carbocycles. The molecule has 1 aromatic heterocycles. The summed E-state index contributed by atoms with van der Waals surface area (Å²) in [5.74, 6) is 0.273. The monoisotopic (exact) mass is 194 g/mol. The molecule has 13 heavy (non-hydrogen) atoms. The molecule has 70 valence electrons. The van der Waals surface area contributed by atoms with E-state index in [0.29, 0.717) is 6.42 Å². The molecule has 1 aromatic rings. The van der Waals surface area contributed by atoms with Crippen LogP contribution < -0.4 is 0 Å². The van der Waals surface area contributed by atoms with Gasteiger partial charge in [0.15, 0.2) is 5.78 Å². The molecular formula is C11H14OS. The Labute approximate surface area is 83.1 Å². The second-order valence-electron chi connectivity index (χ2n) is 3.04. The minimum Gasteiger partial charge on any atom is -0.293 e. The fourth-order valence-electron chi connectivity index (χ4n) is 1.18. The quantitative estimate of drug-likeness (QED) is 0.397. The third-order valence-electron chi connectivity index (χ3n) is 1.93. The standard InChI is InChI=1S/C11H14OS/c1-3-4-5-6-10(12)11-9(2)7-8-13-11/h3,7-8H,1,4-6H2,2H3. The van der Waals surface area contributed by atoms with Gasteiger partial charge in [-0.3, -0.25) is 4.79 Å². The molecule has 1 rings (SSSR count). The molecule has 0 N–H and O–H groups in total. The highest BCUT2D eigenvalue weighted by Crippen LogP contribution is 2.18. The highest BCUT2D eigenvalue weighted by Gasteiger charge is 2.08. The van der Waals surface area contributed by atoms with Crippen LogP contribution in [0.15, 0.2) is 24.1 Å². The van der Waals surface area contributed by atoms with E-state index < -0.39 is 0 Å². The van der Waals surface area contributed by atoms with Crippen LogP contribution in [0.4, 0.5) is 0 Å². The average molecular weight is 194 g/mol. The third-order valence-corrected chi connectivity index (χ3v) is 2.98. The fourth-order valence-corrected chi connectivity index (χ4v) is 2.07. The van der Waals surface area contributed by atoms with Gasteiger partial charge in [0.1, 0.15) is 0 Å². The van der Waals surface area contributed by atoms with E-state index in [4.69, 9.17) is 0 Å². The predicted molar refractivity (Wildman–Crippen MR) is 57.4 cm³/mol. The SMILES string of the molecule is C=CCCCC(=O)c1sccc1C. The number of aryl methyl sites for hydroxylation is 1. The van der Waals surface area contributed by atoms with Crippen LogP contribution in [-0.4, -0.2) is 5.78 Å². The molecule has 0 atom stereocenters. The maximum Gasteiger partial charge on any atom is 0.173 e. The number of carbonyl (C=O) groups is 1. The maximum absolute atomic E-state index is 11.6. The van der Waals surface area contributed by atoms with Crippen molar-refractivity contribution in [2.24, 2.45) is 0 Å². The van der Waals surface area contributed by atoms with Gasteiger partial charge in [-0.15, -0.1) is 17.9 Å². The van der Waals surface area contributed by atoms with E-state index in [1.165, 1.54) is 0 Å². The molecule has 1 nitrogen and oxygen atoms in total. The van der Waals surface area contributed by atoms with Gasteiger partial charge in [-0.2, -0.15) is 0 Å². The van der Waals surface area contributed by atoms with Crippen molar-refractivity contribution in [2.75, 3.05) is 0 Å². The molecule has 0 bridgehead atoms. The Morgan fingerprint density at radius 2 is 2.46 bits per heavy atom. The summed E-state index contributed by atoms with van der Waals surface area (Å²) in [6.07, 6.45) is 4.35. The molecular weight excluding hydrogens is 180 g/mol. The number of hydrogen-bond donors (Lipinski definition) is 0. The second kappa shape index (κ2) is 4.97. The minimum absolute atomic E-state index is 0.273. The van der Waals surface area contributed by atoms with E-state index in [1.54, 1.807) is 11.3 Å². The lowest BCUT2D eigenvalue weighted by atomic mass is 10.1. The fraction of sp³-hybridized carbons (Fsp3) is 0.364. The Morgan fingerprint density at radius 3 is 3.00 bits per heavy atom. The number of thiophene rings is 1. The third kappa shape index (κ3) is 2.81. The normalized spacial score (nSPS) is 9.92. The van der Waals surface area contributed by atoms with Gasteiger partial charge in [0.2, 0.25) is 0 Å². The van der Waals surface area contributed by atoms with Crippen molar-refractivity contribution in [3.05, 3.63) is 34.5 Å². The molecule has 0 aliphatic carbocycles. The molecule has 0 amide bonds. The van der Waals surface area contributed by atoms with Gasteiger partial charge < -0.3 is 0 Å². The Hall–Kier alpha value is -0.890. The van der Waals surface area contributed by atoms with Crippen molar-refractivity contribution in [3.8, 4) is 0 Å². The van der Waals surface area contributed by atoms with Crippen molar-refractivity contribution in [3.63, 3.8) is 0 Å². The number of allylic oxidation sites excluding steroid dienone is 1. The summed E-state index contributed by atoms with van der Waals surface area (Å²) in [6, 6.07) is 1.99. The number of rotatable bonds is 5. The molecule has 0 unspecified atom stereocenters. The Kier molecular flexibility index (Phi) is 3.90. The van der Waals surface area contributed by atoms with Crippen LogP contribution in [0.1, 0.15) is 34.5 Å². The van der Waals surface area contributed by atoms with E-state index >= 15 is 0 Å². The van der Waals surface area contributed by atoms with Crippen molar-refractivity contribution >= 4 is 17.1 Å². The van der Waals surface area contributed by atoms with Crippen molar-refractivity contribution in [2.45, 2.75) is 26.2 Å². The van der Waals surface area contributed by atoms with Crippen LogP contribution in [0.2, 0.25) is 0 Å². The molecule has 2 heteroatoms. The highest BCUT2D eigenvalue weighted by atomic mass is 32.1. The number of carbonyl (C=O) groups excluding carboxylic acids is 1. The summed E-state index contributed by atoms with van der Waals surface area (Å²) in [6.45, 7) is 5.61. The van der Waals surface area contributed by atoms with Crippen molar-refractivity contribution < 1.29 is 4.79 Å². The number of hydrogen-bond acceptors (Lipinski definition) is 2. The lowest BCUT2D eigenvalue weighted by Gasteiger charge is -1.97. The van der Waals surface area contributed by atoms with Gasteiger partial charge in [0.25, 0.3) is 0 Å². The smallest absolute Gasteiger partial charge is 0.173 e. The van der Waals surface area contributed by atoms with E-state index in [0.717, 1.165) is 23.3 Å². The Morgan fingerprint density at radius 1 is 1.69 bits per heavy atom. The van der Waals surface area contributed by atoms with E-state index in [9.17, 15) is 4.79 Å². The first kappa shape index (κ1) is 10.2. The summed E-state index contributed by atoms with van der Waals surface area (Å²) in [4.78, 5) is 12.5. The van der Waals surface area contributed by atoms with Gasteiger partial charge >= 0.3 is 0 Å². The first-order valence-electron chi connectivity index (χ1n) is 4.44. The van der Waals surface area contributed by atoms with E-state index in [-0.39, 0.29) is 5.78 Å². The lowest BCUT2D eigenvalue weighted by molar-refractivity contribution is 0.0984. The van der Waals surface area contributed by atoms with Gasteiger partial charge in [-0.25, -0.2) is 0 Å². The molecule has 0 aliphatic rings. The Bertz CT molecular complexity index is 299. The minimum atomic E-state index is 0.273. The summed E-state index contributed by atoms with van der Waals surface area (Å²) in [5, 5.41) is 1.97. The first-order valence-corrected chi connectivity index (χ1v) is 5.32. The van der Waals surface area contributed by atoms with Crippen LogP contribution in [-0.2, 0) is 0 Å². The zero-order valence-electron chi connectivity index (χ0n) is 7.88. The zero-order valence-corrected chi connectivity index (χ0v) is 8.69. The maximum atomic E-state index is 11.6. The molecule has 0 radical (unpaired) electrons. The van der Waals surface area contributed by atoms with Gasteiger partial charge in [0.05, 0.1) is 4.88 Å². The topological polar surface area (TPSA) is 17.1 Å². The summed E-state index contributed by atoms with van der Waals surface area (Å²) in [5.41, 5.74) is 1.11. The predicted octanol–water partition coefficient (Wildman–Crippen LogP) is 3.60. The molecule has 0 aliphatic heterocycles. The van der Waals surface area contributed by atoms with Crippen LogP contribution in [0.25, 0.3) is 0 Å². The summed E-state index contributed by atoms with van der Waals surface area (Å²) >= 11 is 1.54. The largest absolute Gasteiger partial charge is 0.293 e. The lowest BCUT2D eigenvalue weighted by Crippen LogP contribution is -1.97. The molecule has 0 fully saturated rings. The van der Waals surface area contributed by atoms with Crippen LogP contribution >= 0.6 is 11.3 Å². The van der Waals surface area contributed by atoms with Crippen LogP contribution in [0.5, 0.6) is 0 Å². The molecule has 0 saturated heterocycles. The van der Waals surface area contributed by atoms with Gasteiger partial charge in [-0.05, 0) is 36.8 Å². The van der Waals surface area contributed by atoms with Crippen LogP contribution in [0, 0.1) is 6.92 Å². The van der Waals surface area contributed by atoms with Crippen LogP contribution in [0.3, 0.4) is 0 Å². The molecule has 1 heterocycles. The first-order chi connectivity index (χ1) is 6.25. The van der Waals surface area contributed by atoms with Gasteiger partial charge in [-0.1, -0.05) is 6.08 Å².